The van der Waals surface area contributed by atoms with E-state index in [1.54, 1.807) is 6.07 Å². The number of urea groups is 1. The van der Waals surface area contributed by atoms with E-state index in [4.69, 9.17) is 9.47 Å². The first-order valence-electron chi connectivity index (χ1n) is 7.61. The first-order chi connectivity index (χ1) is 12.0. The fourth-order valence-electron chi connectivity index (χ4n) is 2.64. The summed E-state index contributed by atoms with van der Waals surface area (Å²) in [5.74, 6) is 1.46. The Kier molecular flexibility index (Phi) is 4.00. The molecule has 0 saturated heterocycles. The Bertz CT molecular complexity index is 939. The molecule has 0 fully saturated rings. The number of carbonyl (C=O) groups is 1. The zero-order chi connectivity index (χ0) is 17.4. The predicted octanol–water partition coefficient (Wildman–Crippen LogP) is 1.66. The summed E-state index contributed by atoms with van der Waals surface area (Å²) in [5, 5.41) is 5.80. The summed E-state index contributed by atoms with van der Waals surface area (Å²) in [4.78, 5) is 17.0. The van der Waals surface area contributed by atoms with Crippen LogP contribution < -0.4 is 20.1 Å². The fourth-order valence-corrected chi connectivity index (χ4v) is 5.43. The maximum Gasteiger partial charge on any atom is 0.321 e. The van der Waals surface area contributed by atoms with Gasteiger partial charge in [-0.2, -0.15) is 0 Å². The topological polar surface area (TPSA) is 107 Å². The van der Waals surface area contributed by atoms with Gasteiger partial charge in [-0.3, -0.25) is 5.32 Å². The summed E-state index contributed by atoms with van der Waals surface area (Å²) in [6, 6.07) is 5.06. The van der Waals surface area contributed by atoms with Gasteiger partial charge < -0.3 is 14.8 Å². The maximum atomic E-state index is 12.0. The highest BCUT2D eigenvalue weighted by molar-refractivity contribution is 7.90. The quantitative estimate of drug-likeness (QED) is 0.838. The number of sulfone groups is 1. The Hall–Kier alpha value is -2.33. The lowest BCUT2D eigenvalue weighted by Crippen LogP contribution is -2.28. The van der Waals surface area contributed by atoms with Gasteiger partial charge >= 0.3 is 6.03 Å². The van der Waals surface area contributed by atoms with E-state index in [9.17, 15) is 13.2 Å². The van der Waals surface area contributed by atoms with Gasteiger partial charge in [-0.1, -0.05) is 6.07 Å². The van der Waals surface area contributed by atoms with Gasteiger partial charge in [-0.15, -0.1) is 11.3 Å². The van der Waals surface area contributed by atoms with Crippen molar-refractivity contribution >= 4 is 32.3 Å². The SMILES string of the molecule is O=C(NCc1ccc2c(c1)OCO2)Nc1nc2c(s1)CS(=O)(=O)CC2. The van der Waals surface area contributed by atoms with Gasteiger partial charge in [-0.25, -0.2) is 18.2 Å². The molecule has 2 amide bonds. The van der Waals surface area contributed by atoms with Crippen molar-refractivity contribution in [3.05, 3.63) is 34.3 Å². The number of amides is 2. The van der Waals surface area contributed by atoms with Crippen LogP contribution in [0.5, 0.6) is 11.5 Å². The molecule has 0 aliphatic carbocycles. The largest absolute Gasteiger partial charge is 0.454 e. The van der Waals surface area contributed by atoms with E-state index in [0.717, 1.165) is 11.3 Å². The molecule has 0 spiro atoms. The van der Waals surface area contributed by atoms with Crippen molar-refractivity contribution in [2.45, 2.75) is 18.7 Å². The molecular formula is C15H15N3O5S2. The second-order valence-electron chi connectivity index (χ2n) is 5.73. The zero-order valence-corrected chi connectivity index (χ0v) is 14.7. The molecule has 10 heteroatoms. The fraction of sp³-hybridized carbons (Fsp3) is 0.333. The van der Waals surface area contributed by atoms with Crippen LogP contribution in [0, 0.1) is 0 Å². The van der Waals surface area contributed by atoms with Crippen LogP contribution in [-0.2, 0) is 28.6 Å². The average Bonchev–Trinajstić information content (AvgIpc) is 3.17. The second kappa shape index (κ2) is 6.19. The first-order valence-corrected chi connectivity index (χ1v) is 10.2. The molecule has 0 radical (unpaired) electrons. The molecule has 1 aromatic heterocycles. The number of hydrogen-bond donors (Lipinski definition) is 2. The summed E-state index contributed by atoms with van der Waals surface area (Å²) < 4.78 is 33.8. The lowest BCUT2D eigenvalue weighted by atomic mass is 10.2. The minimum atomic E-state index is -3.04. The normalized spacial score (nSPS) is 17.0. The number of aromatic nitrogens is 1. The van der Waals surface area contributed by atoms with Crippen LogP contribution in [0.1, 0.15) is 16.1 Å². The highest BCUT2D eigenvalue weighted by Gasteiger charge is 2.25. The number of nitrogens with zero attached hydrogens (tertiary/aromatic N) is 1. The second-order valence-corrected chi connectivity index (χ2v) is 8.99. The summed E-state index contributed by atoms with van der Waals surface area (Å²) in [6.45, 7) is 0.527. The van der Waals surface area contributed by atoms with Gasteiger partial charge in [0.2, 0.25) is 6.79 Å². The van der Waals surface area contributed by atoms with Crippen LogP contribution in [0.15, 0.2) is 18.2 Å². The molecule has 2 aliphatic heterocycles. The van der Waals surface area contributed by atoms with Crippen molar-refractivity contribution in [2.75, 3.05) is 17.9 Å². The lowest BCUT2D eigenvalue weighted by Gasteiger charge is -2.08. The number of carbonyl (C=O) groups excluding carboxylic acids is 1. The monoisotopic (exact) mass is 381 g/mol. The average molecular weight is 381 g/mol. The number of fused-ring (bicyclic) bond motifs is 2. The van der Waals surface area contributed by atoms with Crippen LogP contribution in [0.4, 0.5) is 9.93 Å². The number of aryl methyl sites for hydroxylation is 1. The number of hydrogen-bond acceptors (Lipinski definition) is 7. The van der Waals surface area contributed by atoms with Crippen molar-refractivity contribution < 1.29 is 22.7 Å². The van der Waals surface area contributed by atoms with Crippen molar-refractivity contribution in [3.8, 4) is 11.5 Å². The van der Waals surface area contributed by atoms with E-state index in [0.29, 0.717) is 34.5 Å². The minimum absolute atomic E-state index is 0.000492. The molecule has 2 aromatic rings. The van der Waals surface area contributed by atoms with E-state index < -0.39 is 15.9 Å². The Balaban J connectivity index is 1.36. The molecule has 3 heterocycles. The summed E-state index contributed by atoms with van der Waals surface area (Å²) in [5.41, 5.74) is 1.63. The third-order valence-electron chi connectivity index (χ3n) is 3.89. The number of rotatable bonds is 3. The van der Waals surface area contributed by atoms with Gasteiger partial charge in [-0.05, 0) is 17.7 Å². The molecule has 0 atom stereocenters. The van der Waals surface area contributed by atoms with Crippen molar-refractivity contribution in [1.29, 1.82) is 0 Å². The van der Waals surface area contributed by atoms with Crippen LogP contribution in [0.25, 0.3) is 0 Å². The van der Waals surface area contributed by atoms with Crippen LogP contribution in [-0.4, -0.2) is 32.0 Å². The maximum absolute atomic E-state index is 12.0. The summed E-state index contributed by atoms with van der Waals surface area (Å²) >= 11 is 1.21. The standard InChI is InChI=1S/C15H15N3O5S2/c19-14(16-6-9-1-2-11-12(5-9)23-8-22-11)18-15-17-10-3-4-25(20,21)7-13(10)24-15/h1-2,5H,3-4,6-8H2,(H2,16,17,18,19). The molecule has 1 aromatic carbocycles. The van der Waals surface area contributed by atoms with Crippen LogP contribution >= 0.6 is 11.3 Å². The molecule has 25 heavy (non-hydrogen) atoms. The number of thiazole rings is 1. The highest BCUT2D eigenvalue weighted by Crippen LogP contribution is 2.32. The summed E-state index contributed by atoms with van der Waals surface area (Å²) in [6.07, 6.45) is 0.397. The number of ether oxygens (including phenoxy) is 2. The van der Waals surface area contributed by atoms with Gasteiger partial charge in [0.05, 0.1) is 17.2 Å². The van der Waals surface area contributed by atoms with Crippen molar-refractivity contribution in [3.63, 3.8) is 0 Å². The van der Waals surface area contributed by atoms with Gasteiger partial charge in [0.1, 0.15) is 0 Å². The third-order valence-corrected chi connectivity index (χ3v) is 6.64. The lowest BCUT2D eigenvalue weighted by molar-refractivity contribution is 0.174. The Morgan fingerprint density at radius 3 is 3.00 bits per heavy atom. The Labute approximate surface area is 148 Å². The smallest absolute Gasteiger partial charge is 0.321 e. The van der Waals surface area contributed by atoms with E-state index in [1.807, 2.05) is 12.1 Å². The van der Waals surface area contributed by atoms with E-state index in [1.165, 1.54) is 11.3 Å². The summed E-state index contributed by atoms with van der Waals surface area (Å²) in [7, 11) is -3.04. The van der Waals surface area contributed by atoms with Gasteiger partial charge in [0, 0.05) is 17.8 Å². The number of anilines is 1. The molecule has 0 bridgehead atoms. The number of benzene rings is 1. The molecule has 0 unspecified atom stereocenters. The molecular weight excluding hydrogens is 366 g/mol. The Morgan fingerprint density at radius 1 is 1.28 bits per heavy atom. The van der Waals surface area contributed by atoms with E-state index in [-0.39, 0.29) is 18.3 Å². The molecule has 4 rings (SSSR count). The zero-order valence-electron chi connectivity index (χ0n) is 13.1. The molecule has 132 valence electrons. The van der Waals surface area contributed by atoms with Crippen molar-refractivity contribution in [2.24, 2.45) is 0 Å². The predicted molar refractivity (Wildman–Crippen MR) is 91.7 cm³/mol. The van der Waals surface area contributed by atoms with Gasteiger partial charge in [0.15, 0.2) is 26.5 Å². The highest BCUT2D eigenvalue weighted by atomic mass is 32.2. The molecule has 0 saturated carbocycles. The van der Waals surface area contributed by atoms with E-state index in [2.05, 4.69) is 15.6 Å². The number of nitrogens with one attached hydrogen (secondary N) is 2. The third kappa shape index (κ3) is 3.54. The molecule has 2 aliphatic rings. The van der Waals surface area contributed by atoms with Crippen LogP contribution in [0.3, 0.4) is 0 Å². The first kappa shape index (κ1) is 16.2. The minimum Gasteiger partial charge on any atom is -0.454 e. The Morgan fingerprint density at radius 2 is 2.12 bits per heavy atom. The van der Waals surface area contributed by atoms with Crippen LogP contribution in [0.2, 0.25) is 0 Å². The van der Waals surface area contributed by atoms with Gasteiger partial charge in [0.25, 0.3) is 0 Å². The van der Waals surface area contributed by atoms with E-state index >= 15 is 0 Å². The molecule has 8 nitrogen and oxygen atoms in total. The van der Waals surface area contributed by atoms with Crippen molar-refractivity contribution in [1.82, 2.24) is 10.3 Å². The molecule has 2 N–H and O–H groups in total.